The summed E-state index contributed by atoms with van der Waals surface area (Å²) in [4.78, 5) is 0. The monoisotopic (exact) mass is 62.1 g/mol. The van der Waals surface area contributed by atoms with E-state index in [4.69, 9.17) is 0 Å². The van der Waals surface area contributed by atoms with E-state index in [0.29, 0.717) is 0 Å². The van der Waals surface area contributed by atoms with Crippen LogP contribution in [-0.2, 0) is 0 Å². The van der Waals surface area contributed by atoms with Crippen molar-refractivity contribution < 1.29 is 1.43 Å². The normalized spacial score (nSPS) is 3.00. The average Bonchev–Trinajstić information content (AvgIpc) is 1.50. The molecule has 0 heterocycles. The molecular weight excluding hydrogens is 48.0 g/mol. The van der Waals surface area contributed by atoms with Gasteiger partial charge in [-0.2, -0.15) is 0 Å². The summed E-state index contributed by atoms with van der Waals surface area (Å²) >= 11 is 0. The molecule has 0 unspecified atom stereocenters. The molecule has 0 aromatic carbocycles. The summed E-state index contributed by atoms with van der Waals surface area (Å²) in [6, 6.07) is 0. The first kappa shape index (κ1) is 9.00. The fourth-order valence-electron chi connectivity index (χ4n) is 0. The van der Waals surface area contributed by atoms with Gasteiger partial charge in [0, 0.05) is 1.43 Å². The van der Waals surface area contributed by atoms with Gasteiger partial charge in [0.15, 0.2) is 0 Å². The Hall–Kier alpha value is 0. The van der Waals surface area contributed by atoms with Gasteiger partial charge in [0.25, 0.3) is 0 Å². The van der Waals surface area contributed by atoms with Crippen molar-refractivity contribution in [1.29, 1.82) is 0 Å². The van der Waals surface area contributed by atoms with Crippen LogP contribution in [0.4, 0.5) is 0 Å². The van der Waals surface area contributed by atoms with Gasteiger partial charge in [0.1, 0.15) is 0 Å². The molecule has 0 saturated heterocycles. The summed E-state index contributed by atoms with van der Waals surface area (Å²) in [5, 5.41) is 0. The van der Waals surface area contributed by atoms with Crippen molar-refractivity contribution in [2.24, 2.45) is 0 Å². The minimum Gasteiger partial charge on any atom is -0.0683 e. The molecule has 0 aromatic rings. The van der Waals surface area contributed by atoms with Crippen LogP contribution in [0, 0.1) is 0 Å². The van der Waals surface area contributed by atoms with Crippen LogP contribution < -0.4 is 0 Å². The predicted octanol–water partition coefficient (Wildman–Crippen LogP) is 2.30. The van der Waals surface area contributed by atoms with Crippen molar-refractivity contribution >= 4 is 0 Å². The maximum absolute atomic E-state index is 2.00. The average molecular weight is 62.2 g/mol. The first-order valence-corrected chi connectivity index (χ1v) is 2.00. The van der Waals surface area contributed by atoms with Crippen LogP contribution in [0.1, 0.15) is 29.1 Å². The van der Waals surface area contributed by atoms with Gasteiger partial charge in [0.2, 0.25) is 0 Å². The summed E-state index contributed by atoms with van der Waals surface area (Å²) in [6.07, 6.45) is 0. The summed E-state index contributed by atoms with van der Waals surface area (Å²) < 4.78 is 0. The topological polar surface area (TPSA) is 0 Å². The molecule has 0 N–H and O–H groups in total. The highest BCUT2D eigenvalue weighted by Gasteiger charge is 0.934. The third kappa shape index (κ3) is 0. The number of hydrogen-bond donors (Lipinski definition) is 0. The minimum atomic E-state index is 0. The molecule has 0 radical (unpaired) electrons. The van der Waals surface area contributed by atoms with E-state index in [1.165, 1.54) is 0 Å². The Labute approximate surface area is 30.3 Å². The highest BCUT2D eigenvalue weighted by molar-refractivity contribution is 3.51. The fourth-order valence-corrected chi connectivity index (χ4v) is 0. The second kappa shape index (κ2) is 0. The molecule has 30 valence electrons. The van der Waals surface area contributed by atoms with E-state index in [-0.39, 0.29) is 1.43 Å². The Kier molecular flexibility index (Phi) is 0. The summed E-state index contributed by atoms with van der Waals surface area (Å²) in [6.45, 7) is 8.00. The minimum absolute atomic E-state index is 0. The van der Waals surface area contributed by atoms with Crippen molar-refractivity contribution in [2.75, 3.05) is 0 Å². The molecule has 0 nitrogen and oxygen atoms in total. The SMILES string of the molecule is CC.CC.[HH]. The Morgan fingerprint density at radius 1 is 0.750 bits per heavy atom. The van der Waals surface area contributed by atoms with Gasteiger partial charge in [0.05, 0.1) is 0 Å². The van der Waals surface area contributed by atoms with Crippen molar-refractivity contribution in [3.05, 3.63) is 0 Å². The first-order valence-electron chi connectivity index (χ1n) is 2.00. The van der Waals surface area contributed by atoms with Crippen molar-refractivity contribution in [3.63, 3.8) is 0 Å². The lowest BCUT2D eigenvalue weighted by molar-refractivity contribution is 1.50. The third-order valence-corrected chi connectivity index (χ3v) is 0. The van der Waals surface area contributed by atoms with Gasteiger partial charge >= 0.3 is 0 Å². The van der Waals surface area contributed by atoms with E-state index >= 15 is 0 Å². The summed E-state index contributed by atoms with van der Waals surface area (Å²) in [5.41, 5.74) is 0. The molecule has 0 saturated carbocycles. The molecule has 0 aromatic heterocycles. The van der Waals surface area contributed by atoms with Crippen molar-refractivity contribution in [2.45, 2.75) is 27.7 Å². The van der Waals surface area contributed by atoms with Crippen molar-refractivity contribution in [1.82, 2.24) is 0 Å². The van der Waals surface area contributed by atoms with Gasteiger partial charge in [-0.1, -0.05) is 27.7 Å². The molecule has 0 heteroatoms. The second-order valence-corrected chi connectivity index (χ2v) is 0. The van der Waals surface area contributed by atoms with Crippen LogP contribution in [0.3, 0.4) is 0 Å². The Morgan fingerprint density at radius 2 is 0.750 bits per heavy atom. The lowest BCUT2D eigenvalue weighted by atomic mass is 11.0. The van der Waals surface area contributed by atoms with Gasteiger partial charge in [-0.25, -0.2) is 0 Å². The van der Waals surface area contributed by atoms with Crippen molar-refractivity contribution in [3.8, 4) is 0 Å². The lowest BCUT2D eigenvalue weighted by Crippen LogP contribution is -0.856. The van der Waals surface area contributed by atoms with E-state index < -0.39 is 0 Å². The van der Waals surface area contributed by atoms with Crippen LogP contribution in [0.15, 0.2) is 0 Å². The molecule has 0 aliphatic heterocycles. The Bertz CT molecular complexity index is 3.61. The van der Waals surface area contributed by atoms with Gasteiger partial charge in [-0.05, 0) is 0 Å². The first-order chi connectivity index (χ1) is 2.00. The van der Waals surface area contributed by atoms with Gasteiger partial charge in [-0.15, -0.1) is 0 Å². The highest BCUT2D eigenvalue weighted by atomic mass is 13.0. The molecule has 0 aliphatic rings. The highest BCUT2D eigenvalue weighted by Crippen LogP contribution is 1.15. The maximum atomic E-state index is 2.00. The second-order valence-electron chi connectivity index (χ2n) is 0. The molecule has 0 aliphatic carbocycles. The van der Waals surface area contributed by atoms with E-state index in [9.17, 15) is 0 Å². The maximum Gasteiger partial charge on any atom is 0 e. The fraction of sp³-hybridized carbons (Fsp3) is 1.00. The number of rotatable bonds is 0. The molecule has 0 bridgehead atoms. The standard InChI is InChI=1S/2C2H6.H2/c2*1-2;/h2*1-2H3;1H. The lowest BCUT2D eigenvalue weighted by Gasteiger charge is -1.07. The zero-order valence-electron chi connectivity index (χ0n) is 4.00. The molecule has 0 atom stereocenters. The summed E-state index contributed by atoms with van der Waals surface area (Å²) in [7, 11) is 0. The predicted molar refractivity (Wildman–Crippen MR) is 24.8 cm³/mol. The van der Waals surface area contributed by atoms with Gasteiger partial charge < -0.3 is 0 Å². The molecule has 4 heavy (non-hydrogen) atoms. The quantitative estimate of drug-likeness (QED) is 0.404. The van der Waals surface area contributed by atoms with Crippen LogP contribution in [0.2, 0.25) is 0 Å². The van der Waals surface area contributed by atoms with E-state index in [1.807, 2.05) is 27.7 Å². The van der Waals surface area contributed by atoms with Crippen LogP contribution in [0.25, 0.3) is 0 Å². The largest absolute Gasteiger partial charge is 0.0683 e. The zero-order valence-corrected chi connectivity index (χ0v) is 4.00. The van der Waals surface area contributed by atoms with Crippen LogP contribution in [-0.4, -0.2) is 0 Å². The third-order valence-electron chi connectivity index (χ3n) is 0. The van der Waals surface area contributed by atoms with E-state index in [1.54, 1.807) is 0 Å². The molecule has 0 amide bonds. The zero-order chi connectivity index (χ0) is 4.00. The molecular formula is C4H14. The van der Waals surface area contributed by atoms with Gasteiger partial charge in [-0.3, -0.25) is 0 Å². The molecule has 0 spiro atoms. The number of hydrogen-bond acceptors (Lipinski definition) is 0. The van der Waals surface area contributed by atoms with Crippen LogP contribution in [0.5, 0.6) is 0 Å². The van der Waals surface area contributed by atoms with Crippen LogP contribution >= 0.6 is 0 Å². The van der Waals surface area contributed by atoms with E-state index in [0.717, 1.165) is 0 Å². The Balaban J connectivity index is -0.0000000133. The summed E-state index contributed by atoms with van der Waals surface area (Å²) in [5.74, 6) is 0. The molecule has 0 rings (SSSR count). The van der Waals surface area contributed by atoms with E-state index in [2.05, 4.69) is 0 Å². The Morgan fingerprint density at radius 3 is 0.750 bits per heavy atom. The molecule has 0 fully saturated rings. The smallest absolute Gasteiger partial charge is 0 e.